The van der Waals surface area contributed by atoms with Crippen molar-refractivity contribution in [3.8, 4) is 11.5 Å². The highest BCUT2D eigenvalue weighted by Crippen LogP contribution is 2.30. The van der Waals surface area contributed by atoms with Crippen molar-refractivity contribution in [1.82, 2.24) is 15.5 Å². The van der Waals surface area contributed by atoms with Gasteiger partial charge in [-0.05, 0) is 57.4 Å². The van der Waals surface area contributed by atoms with Gasteiger partial charge in [-0.15, -0.1) is 0 Å². The van der Waals surface area contributed by atoms with Gasteiger partial charge in [0, 0.05) is 25.7 Å². The van der Waals surface area contributed by atoms with Crippen molar-refractivity contribution in [3.05, 3.63) is 23.8 Å². The largest absolute Gasteiger partial charge is 0.490 e. The second kappa shape index (κ2) is 12.5. The Morgan fingerprint density at radius 3 is 2.59 bits per heavy atom. The van der Waals surface area contributed by atoms with Crippen LogP contribution in [0, 0.1) is 0 Å². The van der Waals surface area contributed by atoms with Crippen LogP contribution in [0.25, 0.3) is 0 Å². The third-order valence-corrected chi connectivity index (χ3v) is 4.76. The van der Waals surface area contributed by atoms with Gasteiger partial charge in [-0.3, -0.25) is 0 Å². The van der Waals surface area contributed by atoms with Gasteiger partial charge in [-0.2, -0.15) is 8.78 Å². The lowest BCUT2D eigenvalue weighted by atomic mass is 10.1. The minimum atomic E-state index is -2.88. The number of nitrogens with one attached hydrogen (secondary N) is 2. The maximum atomic E-state index is 12.6. The first-order chi connectivity index (χ1) is 14.0. The molecule has 6 nitrogen and oxygen atoms in total. The Hall–Kier alpha value is -2.09. The molecule has 1 aromatic rings. The first-order valence-corrected chi connectivity index (χ1v) is 10.5. The summed E-state index contributed by atoms with van der Waals surface area (Å²) in [5, 5.41) is 6.81. The average molecular weight is 413 g/mol. The molecule has 8 heteroatoms. The van der Waals surface area contributed by atoms with Crippen LogP contribution < -0.4 is 20.1 Å². The highest BCUT2D eigenvalue weighted by atomic mass is 19.3. The summed E-state index contributed by atoms with van der Waals surface area (Å²) in [7, 11) is 0. The van der Waals surface area contributed by atoms with Crippen LogP contribution in [0.4, 0.5) is 8.78 Å². The topological polar surface area (TPSA) is 58.1 Å². The van der Waals surface area contributed by atoms with Crippen LogP contribution >= 0.6 is 0 Å². The van der Waals surface area contributed by atoms with E-state index in [0.717, 1.165) is 50.5 Å². The maximum absolute atomic E-state index is 12.6. The summed E-state index contributed by atoms with van der Waals surface area (Å²) in [5.74, 6) is 1.12. The van der Waals surface area contributed by atoms with Crippen LogP contribution in [0.3, 0.4) is 0 Å². The van der Waals surface area contributed by atoms with Gasteiger partial charge < -0.3 is 25.0 Å². The summed E-state index contributed by atoms with van der Waals surface area (Å²) in [4.78, 5) is 7.16. The molecule has 0 saturated carbocycles. The Morgan fingerprint density at radius 1 is 1.21 bits per heavy atom. The van der Waals surface area contributed by atoms with Gasteiger partial charge in [-0.1, -0.05) is 13.0 Å². The predicted molar refractivity (Wildman–Crippen MR) is 112 cm³/mol. The lowest BCUT2D eigenvalue weighted by Gasteiger charge is -2.32. The molecule has 1 aliphatic rings. The zero-order valence-electron chi connectivity index (χ0n) is 17.7. The molecule has 2 rings (SSSR count). The summed E-state index contributed by atoms with van der Waals surface area (Å²) >= 11 is 0. The van der Waals surface area contributed by atoms with E-state index in [4.69, 9.17) is 4.74 Å². The van der Waals surface area contributed by atoms with E-state index in [2.05, 4.69) is 32.2 Å². The molecular formula is C21H34F2N4O2. The molecular weight excluding hydrogens is 378 g/mol. The van der Waals surface area contributed by atoms with Crippen molar-refractivity contribution in [2.24, 2.45) is 4.99 Å². The first kappa shape index (κ1) is 23.2. The van der Waals surface area contributed by atoms with Gasteiger partial charge >= 0.3 is 6.61 Å². The number of piperidine rings is 1. The molecule has 0 amide bonds. The fraction of sp³-hybridized carbons (Fsp3) is 0.667. The van der Waals surface area contributed by atoms with E-state index in [1.807, 2.05) is 6.92 Å². The second-order valence-electron chi connectivity index (χ2n) is 7.05. The summed E-state index contributed by atoms with van der Waals surface area (Å²) in [6, 6.07) is 5.35. The molecule has 1 heterocycles. The van der Waals surface area contributed by atoms with Crippen LogP contribution in [0.15, 0.2) is 23.2 Å². The Balaban J connectivity index is 1.99. The van der Waals surface area contributed by atoms with E-state index < -0.39 is 6.61 Å². The van der Waals surface area contributed by atoms with E-state index in [0.29, 0.717) is 24.9 Å². The summed E-state index contributed by atoms with van der Waals surface area (Å²) in [6.45, 7) is 8.09. The number of aliphatic imine (C=N–C) groups is 1. The van der Waals surface area contributed by atoms with E-state index in [1.165, 1.54) is 12.5 Å². The smallest absolute Gasteiger partial charge is 0.387 e. The standard InChI is InChI=1S/C21H34F2N4O2/c1-4-11-27-12-9-17(10-13-27)26-21(24-5-2)25-15-16-7-8-18(29-20(22)23)19(14-16)28-6-3/h7-8,14,17,20H,4-6,9-13,15H2,1-3H3,(H2,24,25,26). The number of guanidine groups is 1. The molecule has 0 atom stereocenters. The zero-order valence-corrected chi connectivity index (χ0v) is 17.7. The van der Waals surface area contributed by atoms with Crippen molar-refractivity contribution >= 4 is 5.96 Å². The van der Waals surface area contributed by atoms with Crippen LogP contribution in [-0.2, 0) is 6.54 Å². The molecule has 0 bridgehead atoms. The molecule has 2 N–H and O–H groups in total. The number of hydrogen-bond donors (Lipinski definition) is 2. The number of likely N-dealkylation sites (tertiary alicyclic amines) is 1. The maximum Gasteiger partial charge on any atom is 0.387 e. The van der Waals surface area contributed by atoms with Gasteiger partial charge in [0.2, 0.25) is 0 Å². The summed E-state index contributed by atoms with van der Waals surface area (Å²) < 4.78 is 35.1. The summed E-state index contributed by atoms with van der Waals surface area (Å²) in [5.41, 5.74) is 0.866. The third-order valence-electron chi connectivity index (χ3n) is 4.76. The number of benzene rings is 1. The van der Waals surface area contributed by atoms with Crippen molar-refractivity contribution in [1.29, 1.82) is 0 Å². The molecule has 29 heavy (non-hydrogen) atoms. The third kappa shape index (κ3) is 8.04. The van der Waals surface area contributed by atoms with E-state index >= 15 is 0 Å². The summed E-state index contributed by atoms with van der Waals surface area (Å²) in [6.07, 6.45) is 3.38. The monoisotopic (exact) mass is 412 g/mol. The molecule has 1 aliphatic heterocycles. The minimum Gasteiger partial charge on any atom is -0.490 e. The molecule has 0 spiro atoms. The van der Waals surface area contributed by atoms with E-state index in [9.17, 15) is 8.78 Å². The second-order valence-corrected chi connectivity index (χ2v) is 7.05. The van der Waals surface area contributed by atoms with Gasteiger partial charge in [0.25, 0.3) is 0 Å². The minimum absolute atomic E-state index is 0.0402. The van der Waals surface area contributed by atoms with Crippen LogP contribution in [-0.4, -0.2) is 56.3 Å². The van der Waals surface area contributed by atoms with Gasteiger partial charge in [0.1, 0.15) is 0 Å². The van der Waals surface area contributed by atoms with Crippen LogP contribution in [0.5, 0.6) is 11.5 Å². The quantitative estimate of drug-likeness (QED) is 0.454. The molecule has 164 valence electrons. The molecule has 0 radical (unpaired) electrons. The number of nitrogens with zero attached hydrogens (tertiary/aromatic N) is 2. The van der Waals surface area contributed by atoms with Gasteiger partial charge in [-0.25, -0.2) is 4.99 Å². The van der Waals surface area contributed by atoms with Gasteiger partial charge in [0.15, 0.2) is 17.5 Å². The van der Waals surface area contributed by atoms with Crippen molar-refractivity contribution in [3.63, 3.8) is 0 Å². The fourth-order valence-electron chi connectivity index (χ4n) is 3.41. The Kier molecular flexibility index (Phi) is 9.97. The van der Waals surface area contributed by atoms with Gasteiger partial charge in [0.05, 0.1) is 13.2 Å². The number of rotatable bonds is 10. The molecule has 0 unspecified atom stereocenters. The zero-order chi connectivity index (χ0) is 21.1. The van der Waals surface area contributed by atoms with E-state index in [-0.39, 0.29) is 5.75 Å². The van der Waals surface area contributed by atoms with Crippen molar-refractivity contribution in [2.75, 3.05) is 32.8 Å². The number of halogens is 2. The first-order valence-electron chi connectivity index (χ1n) is 10.5. The number of ether oxygens (including phenoxy) is 2. The predicted octanol–water partition coefficient (Wildman–Crippen LogP) is 3.62. The average Bonchev–Trinajstić information content (AvgIpc) is 2.69. The van der Waals surface area contributed by atoms with Crippen LogP contribution in [0.2, 0.25) is 0 Å². The van der Waals surface area contributed by atoms with Crippen molar-refractivity contribution in [2.45, 2.75) is 59.2 Å². The number of alkyl halides is 2. The lowest BCUT2D eigenvalue weighted by molar-refractivity contribution is -0.0514. The highest BCUT2D eigenvalue weighted by Gasteiger charge is 2.19. The van der Waals surface area contributed by atoms with Crippen molar-refractivity contribution < 1.29 is 18.3 Å². The van der Waals surface area contributed by atoms with E-state index in [1.54, 1.807) is 19.1 Å². The molecule has 1 fully saturated rings. The number of hydrogen-bond acceptors (Lipinski definition) is 4. The highest BCUT2D eigenvalue weighted by molar-refractivity contribution is 5.80. The Morgan fingerprint density at radius 2 is 1.97 bits per heavy atom. The fourth-order valence-corrected chi connectivity index (χ4v) is 3.41. The van der Waals surface area contributed by atoms with Crippen LogP contribution in [0.1, 0.15) is 45.6 Å². The molecule has 0 aliphatic carbocycles. The lowest BCUT2D eigenvalue weighted by Crippen LogP contribution is -2.48. The Bertz CT molecular complexity index is 635. The molecule has 1 aromatic carbocycles. The molecule has 1 saturated heterocycles. The normalized spacial score (nSPS) is 16.1. The SMILES string of the molecule is CCCN1CCC(NC(=NCc2ccc(OC(F)F)c(OCC)c2)NCC)CC1. The Labute approximate surface area is 172 Å². The molecule has 0 aromatic heterocycles.